The summed E-state index contributed by atoms with van der Waals surface area (Å²) in [5.41, 5.74) is 0. The van der Waals surface area contributed by atoms with Crippen molar-refractivity contribution in [2.24, 2.45) is 0 Å². The first-order valence-corrected chi connectivity index (χ1v) is 17.8. The Balaban J connectivity index is -0.000000106. The van der Waals surface area contributed by atoms with Crippen molar-refractivity contribution < 1.29 is 46.0 Å². The molecule has 0 amide bonds. The molecule has 31 heavy (non-hydrogen) atoms. The third-order valence-corrected chi connectivity index (χ3v) is 12.9. The van der Waals surface area contributed by atoms with Gasteiger partial charge in [-0.2, -0.15) is 0 Å². The fraction of sp³-hybridized carbons (Fsp3) is 1.00. The smallest absolute Gasteiger partial charge is 0.188 e. The molecule has 0 spiro atoms. The number of aliphatic hydroxyl groups excluding tert-OH is 2. The normalized spacial score (nSPS) is 10.8. The predicted octanol–water partition coefficient (Wildman–Crippen LogP) is 7.08. The molecule has 0 atom stereocenters. The topological polar surface area (TPSA) is 80.9 Å². The van der Waals surface area contributed by atoms with Crippen molar-refractivity contribution in [3.05, 3.63) is 0 Å². The maximum Gasteiger partial charge on any atom is 0.188 e. The van der Waals surface area contributed by atoms with Gasteiger partial charge in [-0.1, -0.05) is 80.1 Å². The van der Waals surface area contributed by atoms with Gasteiger partial charge < -0.3 is 19.8 Å². The number of aliphatic hydroxyl groups is 2. The Morgan fingerprint density at radius 1 is 0.452 bits per heavy atom. The van der Waals surface area contributed by atoms with Crippen LogP contribution in [0, 0.1) is 0 Å². The second-order valence-corrected chi connectivity index (χ2v) is 17.0. The summed E-state index contributed by atoms with van der Waals surface area (Å²) >= 11 is 0. The van der Waals surface area contributed by atoms with E-state index < -0.39 is 16.6 Å². The summed E-state index contributed by atoms with van der Waals surface area (Å²) in [6.45, 7) is 19.9. The third-order valence-electron chi connectivity index (χ3n) is 4.29. The Hall–Kier alpha value is 1.16. The number of rotatable bonds is 12. The van der Waals surface area contributed by atoms with E-state index in [-0.39, 0.29) is 38.4 Å². The number of hydrogen-bond donors (Lipinski definition) is 4. The summed E-state index contributed by atoms with van der Waals surface area (Å²) < 4.78 is 0. The molecular weight excluding hydrogens is 500 g/mol. The van der Waals surface area contributed by atoms with Crippen molar-refractivity contribution in [2.75, 3.05) is 0 Å². The van der Waals surface area contributed by atoms with Crippen molar-refractivity contribution in [1.29, 1.82) is 0 Å². The average Bonchev–Trinajstić information content (AvgIpc) is 2.55. The minimum absolute atomic E-state index is 0. The van der Waals surface area contributed by atoms with Crippen molar-refractivity contribution >= 4 is 16.6 Å². The van der Waals surface area contributed by atoms with Gasteiger partial charge in [0.15, 0.2) is 16.6 Å². The van der Waals surface area contributed by atoms with Crippen LogP contribution in [0.3, 0.4) is 0 Å². The summed E-state index contributed by atoms with van der Waals surface area (Å²) in [6.07, 6.45) is 6.60. The van der Waals surface area contributed by atoms with E-state index in [1.165, 1.54) is 0 Å². The maximum absolute atomic E-state index is 10.2. The monoisotopic (exact) mass is 558 g/mol. The molecule has 0 radical (unpaired) electrons. The fourth-order valence-electron chi connectivity index (χ4n) is 3.54. The fourth-order valence-corrected chi connectivity index (χ4v) is 10.6. The van der Waals surface area contributed by atoms with Gasteiger partial charge in [-0.15, -0.1) is 0 Å². The molecule has 0 bridgehead atoms. The Labute approximate surface area is 218 Å². The molecule has 7 heteroatoms. The van der Waals surface area contributed by atoms with Crippen molar-refractivity contribution in [2.45, 2.75) is 156 Å². The molecule has 0 unspecified atom stereocenters. The summed E-state index contributed by atoms with van der Waals surface area (Å²) in [7, 11) is -3.50. The molecule has 0 saturated carbocycles. The molecule has 0 aromatic carbocycles. The van der Waals surface area contributed by atoms with E-state index in [0.29, 0.717) is 0 Å². The Kier molecular flexibility index (Phi) is 39.9. The standard InChI is InChI=1S/2C9H22OSi.2C3H8O.Zr/c2*1-4-7-11(10,8-5-2)9-6-3;2*1-3(2)4;/h2*10H,4-9H2,1-3H3;2*3-4H,1-2H3;. The van der Waals surface area contributed by atoms with Gasteiger partial charge >= 0.3 is 0 Å². The summed E-state index contributed by atoms with van der Waals surface area (Å²) in [6, 6.07) is 6.64. The van der Waals surface area contributed by atoms with Crippen LogP contribution < -0.4 is 0 Å². The van der Waals surface area contributed by atoms with Crippen LogP contribution in [0.2, 0.25) is 36.3 Å². The maximum atomic E-state index is 10.2. The van der Waals surface area contributed by atoms with E-state index in [0.717, 1.165) is 74.8 Å². The van der Waals surface area contributed by atoms with Gasteiger partial charge in [-0.05, 0) is 64.0 Å². The minimum atomic E-state index is -1.75. The van der Waals surface area contributed by atoms with E-state index in [9.17, 15) is 9.59 Å². The van der Waals surface area contributed by atoms with Crippen LogP contribution in [-0.2, 0) is 26.2 Å². The predicted molar refractivity (Wildman–Crippen MR) is 141 cm³/mol. The van der Waals surface area contributed by atoms with Crippen LogP contribution in [0.25, 0.3) is 0 Å². The molecule has 0 aliphatic heterocycles. The molecule has 0 saturated heterocycles. The summed E-state index contributed by atoms with van der Waals surface area (Å²) in [4.78, 5) is 20.3. The zero-order valence-corrected chi connectivity index (χ0v) is 27.4. The molecule has 0 fully saturated rings. The third kappa shape index (κ3) is 41.9. The second-order valence-electron chi connectivity index (χ2n) is 9.14. The molecule has 0 rings (SSSR count). The van der Waals surface area contributed by atoms with Crippen LogP contribution in [0.4, 0.5) is 0 Å². The summed E-state index contributed by atoms with van der Waals surface area (Å²) in [5.74, 6) is 0. The molecule has 0 aromatic heterocycles. The second kappa shape index (κ2) is 29.2. The van der Waals surface area contributed by atoms with Gasteiger partial charge in [0, 0.05) is 38.4 Å². The van der Waals surface area contributed by atoms with E-state index in [4.69, 9.17) is 10.2 Å². The van der Waals surface area contributed by atoms with Crippen molar-refractivity contribution in [3.63, 3.8) is 0 Å². The first-order chi connectivity index (χ1) is 13.8. The van der Waals surface area contributed by atoms with E-state index >= 15 is 0 Å². The van der Waals surface area contributed by atoms with Crippen molar-refractivity contribution in [3.8, 4) is 0 Å². The van der Waals surface area contributed by atoms with Crippen LogP contribution in [0.5, 0.6) is 0 Å². The molecule has 0 aromatic rings. The average molecular weight is 560 g/mol. The number of hydrogen-bond acceptors (Lipinski definition) is 4. The molecular formula is C24H60O4Si2Zr. The van der Waals surface area contributed by atoms with Gasteiger partial charge in [-0.3, -0.25) is 0 Å². The van der Waals surface area contributed by atoms with E-state index in [2.05, 4.69) is 41.5 Å². The van der Waals surface area contributed by atoms with Gasteiger partial charge in [0.1, 0.15) is 0 Å². The van der Waals surface area contributed by atoms with Gasteiger partial charge in [0.25, 0.3) is 0 Å². The Morgan fingerprint density at radius 2 is 0.548 bits per heavy atom. The first kappa shape index (κ1) is 42.3. The zero-order valence-electron chi connectivity index (χ0n) is 22.9. The van der Waals surface area contributed by atoms with Gasteiger partial charge in [0.2, 0.25) is 0 Å². The minimum Gasteiger partial charge on any atom is -0.432 e. The largest absolute Gasteiger partial charge is 0.432 e. The van der Waals surface area contributed by atoms with Crippen molar-refractivity contribution in [1.82, 2.24) is 0 Å². The van der Waals surface area contributed by atoms with Crippen LogP contribution in [-0.4, -0.2) is 48.6 Å². The van der Waals surface area contributed by atoms with E-state index in [1.54, 1.807) is 27.7 Å². The van der Waals surface area contributed by atoms with Crippen LogP contribution in [0.1, 0.15) is 108 Å². The molecule has 0 aliphatic rings. The SMILES string of the molecule is CC(C)O.CC(C)O.CCC[Si](O)(CCC)CCC.CCC[Si](O)(CCC)CCC.[Zr]. The zero-order chi connectivity index (χ0) is 24.6. The van der Waals surface area contributed by atoms with Gasteiger partial charge in [0.05, 0.1) is 0 Å². The molecule has 4 N–H and O–H groups in total. The molecule has 0 aliphatic carbocycles. The summed E-state index contributed by atoms with van der Waals surface area (Å²) in [5, 5.41) is 16.1. The Bertz CT molecular complexity index is 250. The van der Waals surface area contributed by atoms with Crippen LogP contribution in [0.15, 0.2) is 0 Å². The molecule has 4 nitrogen and oxygen atoms in total. The quantitative estimate of drug-likeness (QED) is 0.193. The Morgan fingerprint density at radius 3 is 0.613 bits per heavy atom. The first-order valence-electron chi connectivity index (χ1n) is 12.6. The molecule has 192 valence electrons. The molecule has 0 heterocycles. The van der Waals surface area contributed by atoms with Crippen LogP contribution >= 0.6 is 0 Å². The van der Waals surface area contributed by atoms with Gasteiger partial charge in [-0.25, -0.2) is 0 Å². The van der Waals surface area contributed by atoms with E-state index in [1.807, 2.05) is 0 Å².